The minimum absolute atomic E-state index is 0.00354. The first-order valence-electron chi connectivity index (χ1n) is 18.8. The number of fused-ring (bicyclic) bond motifs is 1. The lowest BCUT2D eigenvalue weighted by atomic mass is 10.0. The summed E-state index contributed by atoms with van der Waals surface area (Å²) in [5.41, 5.74) is 7.53. The van der Waals surface area contributed by atoms with Crippen LogP contribution in [0.5, 0.6) is 5.75 Å². The fourth-order valence-corrected chi connectivity index (χ4v) is 8.57. The van der Waals surface area contributed by atoms with Crippen molar-refractivity contribution >= 4 is 39.7 Å². The van der Waals surface area contributed by atoms with Crippen LogP contribution >= 0.6 is 0 Å². The highest BCUT2D eigenvalue weighted by Crippen LogP contribution is 2.40. The summed E-state index contributed by atoms with van der Waals surface area (Å²) in [5, 5.41) is 2.41. The van der Waals surface area contributed by atoms with Crippen LogP contribution in [0.4, 0.5) is 9.18 Å². The number of allylic oxidation sites excluding steroid dienone is 2. The summed E-state index contributed by atoms with van der Waals surface area (Å²) in [6.07, 6.45) is 7.21. The molecule has 5 amide bonds. The molecule has 2 aromatic carbocycles. The van der Waals surface area contributed by atoms with Gasteiger partial charge < -0.3 is 25.4 Å². The van der Waals surface area contributed by atoms with Gasteiger partial charge in [-0.3, -0.25) is 28.8 Å². The first-order chi connectivity index (χ1) is 26.3. The molecule has 2 saturated carbocycles. The summed E-state index contributed by atoms with van der Waals surface area (Å²) in [7, 11) is -2.02. The highest BCUT2D eigenvalue weighted by atomic mass is 32.2. The third-order valence-electron chi connectivity index (χ3n) is 10.6. The van der Waals surface area contributed by atoms with Crippen LogP contribution in [0.1, 0.15) is 74.5 Å². The average molecular weight is 782 g/mol. The molecule has 14 nitrogen and oxygen atoms in total. The van der Waals surface area contributed by atoms with E-state index in [1.54, 1.807) is 43.5 Å². The summed E-state index contributed by atoms with van der Waals surface area (Å²) in [6.45, 7) is 0.109. The van der Waals surface area contributed by atoms with Crippen LogP contribution in [0.15, 0.2) is 54.6 Å². The highest BCUT2D eigenvalue weighted by Gasteiger charge is 2.45. The Hall–Kier alpha value is -4.99. The monoisotopic (exact) mass is 781 g/mol. The van der Waals surface area contributed by atoms with Crippen LogP contribution in [0.3, 0.4) is 0 Å². The number of likely N-dealkylation sites (tertiary alicyclic amines) is 1. The van der Waals surface area contributed by atoms with E-state index in [0.717, 1.165) is 12.8 Å². The number of carbonyl (C=O) groups excluding carboxylic acids is 5. The number of ether oxygens (including phenoxy) is 2. The Morgan fingerprint density at radius 1 is 1.02 bits per heavy atom. The molecule has 2 heterocycles. The van der Waals surface area contributed by atoms with Gasteiger partial charge in [0.05, 0.1) is 31.9 Å². The number of halogens is 1. The fourth-order valence-electron chi connectivity index (χ4n) is 7.22. The number of primary amides is 1. The molecule has 4 N–H and O–H groups in total. The number of amides is 5. The Balaban J connectivity index is 1.02. The van der Waals surface area contributed by atoms with Crippen LogP contribution in [0.2, 0.25) is 0 Å². The van der Waals surface area contributed by atoms with Gasteiger partial charge in [-0.25, -0.2) is 17.6 Å². The maximum absolute atomic E-state index is 14.3. The fraction of sp³-hybridized carbons (Fsp3) is 0.513. The summed E-state index contributed by atoms with van der Waals surface area (Å²) in [6, 6.07) is 9.58. The quantitative estimate of drug-likeness (QED) is 0.160. The Kier molecular flexibility index (Phi) is 12.4. The number of rotatable bonds is 17. The third kappa shape index (κ3) is 10.2. The lowest BCUT2D eigenvalue weighted by Crippen LogP contribution is -2.53. The van der Waals surface area contributed by atoms with Crippen molar-refractivity contribution in [2.75, 3.05) is 13.7 Å². The number of carbonyl (C=O) groups is 5. The number of methoxy groups -OCH3 is 1. The molecule has 0 spiro atoms. The van der Waals surface area contributed by atoms with Gasteiger partial charge in [0.2, 0.25) is 33.7 Å². The number of sulfonamides is 1. The molecule has 2 aliphatic carbocycles. The number of hydrogen-bond acceptors (Lipinski definition) is 9. The molecule has 1 saturated heterocycles. The van der Waals surface area contributed by atoms with E-state index in [2.05, 4.69) is 10.0 Å². The maximum Gasteiger partial charge on any atom is 0.410 e. The SMILES string of the molecule is COc1ccc(CC(=O)N[C@@H](CCCCC/C=C\C2C[C@@H]2C(=O)NS(=O)(=O)C2CC2)C(=O)N2C[C@H](OC(=O)N3Cc4cccc(F)c4C3)CC2C(N)=O)cc1. The van der Waals surface area contributed by atoms with Crippen LogP contribution < -0.4 is 20.5 Å². The smallest absolute Gasteiger partial charge is 0.410 e. The molecule has 2 aliphatic heterocycles. The van der Waals surface area contributed by atoms with E-state index >= 15 is 0 Å². The molecular weight excluding hydrogens is 734 g/mol. The van der Waals surface area contributed by atoms with Crippen molar-refractivity contribution in [3.05, 3.63) is 77.1 Å². The first kappa shape index (κ1) is 39.7. The number of nitrogens with two attached hydrogens (primary N) is 1. The molecule has 5 atom stereocenters. The lowest BCUT2D eigenvalue weighted by molar-refractivity contribution is -0.140. The average Bonchev–Trinajstić information content (AvgIpc) is 4.07. The molecule has 6 rings (SSSR count). The third-order valence-corrected chi connectivity index (χ3v) is 12.4. The van der Waals surface area contributed by atoms with Crippen LogP contribution in [0.25, 0.3) is 0 Å². The predicted octanol–water partition coefficient (Wildman–Crippen LogP) is 3.22. The molecule has 0 bridgehead atoms. The number of nitrogens with one attached hydrogen (secondary N) is 2. The van der Waals surface area contributed by atoms with E-state index in [1.165, 1.54) is 15.9 Å². The summed E-state index contributed by atoms with van der Waals surface area (Å²) >= 11 is 0. The molecule has 296 valence electrons. The summed E-state index contributed by atoms with van der Waals surface area (Å²) in [5.74, 6) is -2.21. The van der Waals surface area contributed by atoms with Gasteiger partial charge >= 0.3 is 6.09 Å². The van der Waals surface area contributed by atoms with Gasteiger partial charge in [0.25, 0.3) is 0 Å². The van der Waals surface area contributed by atoms with Crippen LogP contribution in [0, 0.1) is 17.7 Å². The van der Waals surface area contributed by atoms with Crippen molar-refractivity contribution in [2.45, 2.75) is 101 Å². The molecular formula is C39H48FN5O9S. The Bertz CT molecular complexity index is 1920. The molecule has 55 heavy (non-hydrogen) atoms. The van der Waals surface area contributed by atoms with Crippen molar-refractivity contribution < 1.29 is 46.3 Å². The van der Waals surface area contributed by atoms with Crippen molar-refractivity contribution in [1.29, 1.82) is 0 Å². The molecule has 16 heteroatoms. The lowest BCUT2D eigenvalue weighted by Gasteiger charge is -2.28. The zero-order valence-electron chi connectivity index (χ0n) is 30.8. The van der Waals surface area contributed by atoms with E-state index in [9.17, 15) is 36.8 Å². The largest absolute Gasteiger partial charge is 0.497 e. The molecule has 2 aromatic rings. The van der Waals surface area contributed by atoms with Crippen molar-refractivity contribution in [1.82, 2.24) is 19.8 Å². The Morgan fingerprint density at radius 2 is 1.78 bits per heavy atom. The minimum atomic E-state index is -3.56. The number of nitrogens with zero attached hydrogens (tertiary/aromatic N) is 2. The normalized spacial score (nSPS) is 22.2. The zero-order valence-corrected chi connectivity index (χ0v) is 31.6. The van der Waals surface area contributed by atoms with Crippen molar-refractivity contribution in [2.24, 2.45) is 17.6 Å². The Labute approximate surface area is 320 Å². The van der Waals surface area contributed by atoms with Crippen molar-refractivity contribution in [3.63, 3.8) is 0 Å². The molecule has 2 unspecified atom stereocenters. The van der Waals surface area contributed by atoms with Gasteiger partial charge in [0, 0.05) is 24.4 Å². The van der Waals surface area contributed by atoms with E-state index < -0.39 is 69.0 Å². The zero-order chi connectivity index (χ0) is 39.3. The second kappa shape index (κ2) is 17.2. The van der Waals surface area contributed by atoms with Gasteiger partial charge in [0.1, 0.15) is 29.8 Å². The van der Waals surface area contributed by atoms with E-state index in [1.807, 2.05) is 12.2 Å². The van der Waals surface area contributed by atoms with E-state index in [4.69, 9.17) is 15.2 Å². The second-order valence-electron chi connectivity index (χ2n) is 14.8. The molecule has 0 radical (unpaired) electrons. The second-order valence-corrected chi connectivity index (χ2v) is 16.8. The van der Waals surface area contributed by atoms with Gasteiger partial charge in [0.15, 0.2) is 0 Å². The highest BCUT2D eigenvalue weighted by molar-refractivity contribution is 7.90. The molecule has 0 aromatic heterocycles. The van der Waals surface area contributed by atoms with Gasteiger partial charge in [-0.1, -0.05) is 49.3 Å². The standard InChI is InChI=1S/C39H48FN5O9S/c1-53-27-14-12-24(13-15-27)18-35(46)42-33(11-6-4-2-3-5-8-25-19-30(25)37(48)43-55(51,52)29-16-17-29)38(49)45-22-28(20-34(45)36(41)47)54-39(50)44-21-26-9-7-10-32(40)31(26)23-44/h5,7-10,12-15,25,28-30,33-34H,2-4,6,11,16-23H2,1H3,(H2,41,47)(H,42,46)(H,43,48)/b8-5-/t25?,28-,30+,33+,34?/m1/s1. The minimum Gasteiger partial charge on any atom is -0.497 e. The summed E-state index contributed by atoms with van der Waals surface area (Å²) < 4.78 is 51.5. The van der Waals surface area contributed by atoms with Crippen LogP contribution in [-0.4, -0.2) is 85.0 Å². The van der Waals surface area contributed by atoms with Gasteiger partial charge in [-0.15, -0.1) is 0 Å². The number of unbranched alkanes of at least 4 members (excludes halogenated alkanes) is 3. The molecule has 4 aliphatic rings. The van der Waals surface area contributed by atoms with Gasteiger partial charge in [-0.05, 0) is 73.8 Å². The van der Waals surface area contributed by atoms with Crippen LogP contribution in [-0.2, 0) is 53.4 Å². The van der Waals surface area contributed by atoms with Crippen molar-refractivity contribution in [3.8, 4) is 5.75 Å². The van der Waals surface area contributed by atoms with E-state index in [-0.39, 0.29) is 50.7 Å². The Morgan fingerprint density at radius 3 is 2.47 bits per heavy atom. The maximum atomic E-state index is 14.3. The topological polar surface area (TPSA) is 195 Å². The molecule has 3 fully saturated rings. The number of hydrogen-bond donors (Lipinski definition) is 3. The summed E-state index contributed by atoms with van der Waals surface area (Å²) in [4.78, 5) is 67.9. The van der Waals surface area contributed by atoms with Gasteiger partial charge in [-0.2, -0.15) is 0 Å². The predicted molar refractivity (Wildman–Crippen MR) is 198 cm³/mol. The first-order valence-corrected chi connectivity index (χ1v) is 20.3. The van der Waals surface area contributed by atoms with E-state index in [0.29, 0.717) is 54.5 Å². The number of benzene rings is 2.